The summed E-state index contributed by atoms with van der Waals surface area (Å²) < 4.78 is 0. The monoisotopic (exact) mass is 279 g/mol. The molecule has 1 rings (SSSR count). The molecule has 19 heavy (non-hydrogen) atoms. The van der Waals surface area contributed by atoms with E-state index in [0.29, 0.717) is 11.5 Å². The molecule has 0 aromatic heterocycles. The summed E-state index contributed by atoms with van der Waals surface area (Å²) in [5.41, 5.74) is 7.57. The van der Waals surface area contributed by atoms with Crippen molar-refractivity contribution < 1.29 is 4.79 Å². The van der Waals surface area contributed by atoms with Crippen molar-refractivity contribution in [3.8, 4) is 0 Å². The highest BCUT2D eigenvalue weighted by molar-refractivity contribution is 7.80. The Morgan fingerprint density at radius 2 is 1.84 bits per heavy atom. The Kier molecular flexibility index (Phi) is 5.92. The third-order valence-electron chi connectivity index (χ3n) is 2.95. The Bertz CT molecular complexity index is 443. The average Bonchev–Trinajstić information content (AvgIpc) is 2.38. The minimum absolute atomic E-state index is 0.113. The smallest absolute Gasteiger partial charge is 0.236 e. The van der Waals surface area contributed by atoms with Crippen LogP contribution >= 0.6 is 12.2 Å². The van der Waals surface area contributed by atoms with E-state index < -0.39 is 0 Å². The van der Waals surface area contributed by atoms with E-state index in [2.05, 4.69) is 4.90 Å². The number of carbonyl (C=O) groups excluding carboxylic acids is 1. The summed E-state index contributed by atoms with van der Waals surface area (Å²) in [6.07, 6.45) is 0. The zero-order valence-corrected chi connectivity index (χ0v) is 12.5. The van der Waals surface area contributed by atoms with Crippen LogP contribution in [-0.4, -0.2) is 47.9 Å². The van der Waals surface area contributed by atoms with Crippen molar-refractivity contribution in [2.75, 3.05) is 27.2 Å². The molecule has 0 saturated heterocycles. The topological polar surface area (TPSA) is 49.6 Å². The lowest BCUT2D eigenvalue weighted by atomic mass is 10.1. The molecule has 0 spiro atoms. The molecule has 4 nitrogen and oxygen atoms in total. The third-order valence-corrected chi connectivity index (χ3v) is 3.19. The molecule has 1 aromatic carbocycles. The van der Waals surface area contributed by atoms with E-state index in [1.807, 2.05) is 31.2 Å². The zero-order valence-electron chi connectivity index (χ0n) is 11.7. The van der Waals surface area contributed by atoms with Crippen LogP contribution in [0.5, 0.6) is 0 Å². The first-order valence-corrected chi connectivity index (χ1v) is 6.66. The summed E-state index contributed by atoms with van der Waals surface area (Å²) in [5, 5.41) is 0. The maximum atomic E-state index is 11.7. The van der Waals surface area contributed by atoms with Gasteiger partial charge in [-0.05, 0) is 12.1 Å². The van der Waals surface area contributed by atoms with Crippen molar-refractivity contribution in [2.24, 2.45) is 5.73 Å². The molecule has 0 aliphatic carbocycles. The van der Waals surface area contributed by atoms with E-state index in [1.165, 1.54) is 0 Å². The lowest BCUT2D eigenvalue weighted by molar-refractivity contribution is -0.130. The highest BCUT2D eigenvalue weighted by Gasteiger charge is 2.11. The van der Waals surface area contributed by atoms with Crippen LogP contribution in [0.3, 0.4) is 0 Å². The van der Waals surface area contributed by atoms with E-state index in [9.17, 15) is 4.79 Å². The van der Waals surface area contributed by atoms with Gasteiger partial charge in [-0.15, -0.1) is 0 Å². The van der Waals surface area contributed by atoms with Crippen LogP contribution in [0.15, 0.2) is 24.3 Å². The predicted molar refractivity (Wildman–Crippen MR) is 82.0 cm³/mol. The summed E-state index contributed by atoms with van der Waals surface area (Å²) in [5.74, 6) is 0.113. The SMILES string of the molecule is CCN(CC(=O)N(C)C)Cc1ccc(C(N)=S)cc1. The van der Waals surface area contributed by atoms with Crippen molar-refractivity contribution in [3.63, 3.8) is 0 Å². The van der Waals surface area contributed by atoms with Gasteiger partial charge >= 0.3 is 0 Å². The number of rotatable bonds is 6. The first-order valence-electron chi connectivity index (χ1n) is 6.25. The highest BCUT2D eigenvalue weighted by atomic mass is 32.1. The van der Waals surface area contributed by atoms with Crippen LogP contribution in [0.25, 0.3) is 0 Å². The molecule has 0 unspecified atom stereocenters. The van der Waals surface area contributed by atoms with Crippen molar-refractivity contribution in [1.82, 2.24) is 9.80 Å². The largest absolute Gasteiger partial charge is 0.389 e. The van der Waals surface area contributed by atoms with E-state index in [1.54, 1.807) is 19.0 Å². The van der Waals surface area contributed by atoms with Gasteiger partial charge in [0.25, 0.3) is 0 Å². The number of amides is 1. The number of thiocarbonyl (C=S) groups is 1. The molecule has 0 fully saturated rings. The first-order chi connectivity index (χ1) is 8.93. The normalized spacial score (nSPS) is 10.5. The van der Waals surface area contributed by atoms with Crippen LogP contribution in [0.4, 0.5) is 0 Å². The fraction of sp³-hybridized carbons (Fsp3) is 0.429. The first kappa shape index (κ1) is 15.6. The van der Waals surface area contributed by atoms with Gasteiger partial charge in [-0.2, -0.15) is 0 Å². The van der Waals surface area contributed by atoms with Gasteiger partial charge in [-0.25, -0.2) is 0 Å². The number of nitrogens with zero attached hydrogens (tertiary/aromatic N) is 2. The van der Waals surface area contributed by atoms with Gasteiger partial charge < -0.3 is 10.6 Å². The Morgan fingerprint density at radius 3 is 2.26 bits per heavy atom. The van der Waals surface area contributed by atoms with Gasteiger partial charge in [0.05, 0.1) is 6.54 Å². The Morgan fingerprint density at radius 1 is 1.26 bits per heavy atom. The number of nitrogens with two attached hydrogens (primary N) is 1. The molecule has 0 aliphatic rings. The molecule has 2 N–H and O–H groups in total. The van der Waals surface area contributed by atoms with Crippen molar-refractivity contribution >= 4 is 23.1 Å². The van der Waals surface area contributed by atoms with E-state index in [0.717, 1.165) is 24.2 Å². The summed E-state index contributed by atoms with van der Waals surface area (Å²) in [6, 6.07) is 7.83. The third kappa shape index (κ3) is 4.96. The maximum Gasteiger partial charge on any atom is 0.236 e. The molecular weight excluding hydrogens is 258 g/mol. The molecule has 5 heteroatoms. The molecular formula is C14H21N3OS. The van der Waals surface area contributed by atoms with Crippen molar-refractivity contribution in [1.29, 1.82) is 0 Å². The van der Waals surface area contributed by atoms with Crippen LogP contribution in [0.2, 0.25) is 0 Å². The Hall–Kier alpha value is -1.46. The predicted octanol–water partition coefficient (Wildman–Crippen LogP) is 1.23. The molecule has 0 aliphatic heterocycles. The second kappa shape index (κ2) is 7.21. The zero-order chi connectivity index (χ0) is 14.4. The average molecular weight is 279 g/mol. The second-order valence-electron chi connectivity index (χ2n) is 4.65. The van der Waals surface area contributed by atoms with Gasteiger partial charge in [0.15, 0.2) is 0 Å². The Labute approximate surface area is 120 Å². The van der Waals surface area contributed by atoms with E-state index in [-0.39, 0.29) is 5.91 Å². The lowest BCUT2D eigenvalue weighted by Gasteiger charge is -2.22. The molecule has 0 atom stereocenters. The van der Waals surface area contributed by atoms with Crippen LogP contribution in [0.1, 0.15) is 18.1 Å². The fourth-order valence-electron chi connectivity index (χ4n) is 1.64. The summed E-state index contributed by atoms with van der Waals surface area (Å²) in [4.78, 5) is 15.8. The van der Waals surface area contributed by atoms with Crippen LogP contribution in [0, 0.1) is 0 Å². The van der Waals surface area contributed by atoms with Gasteiger partial charge in [-0.3, -0.25) is 9.69 Å². The minimum atomic E-state index is 0.113. The van der Waals surface area contributed by atoms with Gasteiger partial charge in [0.1, 0.15) is 4.99 Å². The summed E-state index contributed by atoms with van der Waals surface area (Å²) in [7, 11) is 3.54. The Balaban J connectivity index is 2.65. The number of carbonyl (C=O) groups is 1. The molecule has 1 amide bonds. The van der Waals surface area contributed by atoms with Crippen molar-refractivity contribution in [3.05, 3.63) is 35.4 Å². The summed E-state index contributed by atoms with van der Waals surface area (Å²) >= 11 is 4.92. The highest BCUT2D eigenvalue weighted by Crippen LogP contribution is 2.08. The maximum absolute atomic E-state index is 11.7. The molecule has 0 bridgehead atoms. The standard InChI is InChI=1S/C14H21N3OS/c1-4-17(10-13(18)16(2)3)9-11-5-7-12(8-6-11)14(15)19/h5-8H,4,9-10H2,1-3H3,(H2,15,19). The second-order valence-corrected chi connectivity index (χ2v) is 5.09. The number of likely N-dealkylation sites (N-methyl/N-ethyl adjacent to an activating group) is 2. The molecule has 1 aromatic rings. The quantitative estimate of drug-likeness (QED) is 0.796. The number of hydrogen-bond donors (Lipinski definition) is 1. The van der Waals surface area contributed by atoms with E-state index in [4.69, 9.17) is 18.0 Å². The van der Waals surface area contributed by atoms with Gasteiger partial charge in [0, 0.05) is 26.2 Å². The lowest BCUT2D eigenvalue weighted by Crippen LogP contribution is -2.36. The molecule has 0 heterocycles. The molecule has 0 saturated carbocycles. The molecule has 104 valence electrons. The van der Waals surface area contributed by atoms with Crippen LogP contribution in [-0.2, 0) is 11.3 Å². The van der Waals surface area contributed by atoms with Crippen LogP contribution < -0.4 is 5.73 Å². The van der Waals surface area contributed by atoms with Crippen molar-refractivity contribution in [2.45, 2.75) is 13.5 Å². The van der Waals surface area contributed by atoms with E-state index >= 15 is 0 Å². The van der Waals surface area contributed by atoms with Gasteiger partial charge in [0.2, 0.25) is 5.91 Å². The number of hydrogen-bond acceptors (Lipinski definition) is 3. The molecule has 0 radical (unpaired) electrons. The van der Waals surface area contributed by atoms with Gasteiger partial charge in [-0.1, -0.05) is 43.4 Å². The fourth-order valence-corrected chi connectivity index (χ4v) is 1.78. The number of benzene rings is 1. The minimum Gasteiger partial charge on any atom is -0.389 e. The summed E-state index contributed by atoms with van der Waals surface area (Å²) in [6.45, 7) is 4.05.